The van der Waals surface area contributed by atoms with E-state index in [0.29, 0.717) is 6.54 Å². The van der Waals surface area contributed by atoms with Crippen molar-refractivity contribution in [1.29, 1.82) is 0 Å². The van der Waals surface area contributed by atoms with Crippen LogP contribution < -0.4 is 4.72 Å². The number of nitrogens with zero attached hydrogens (tertiary/aromatic N) is 1. The zero-order valence-electron chi connectivity index (χ0n) is 7.29. The number of nitrogens with one attached hydrogen (secondary N) is 1. The second-order valence-electron chi connectivity index (χ2n) is 2.82. The van der Waals surface area contributed by atoms with Gasteiger partial charge in [-0.3, -0.25) is 0 Å². The van der Waals surface area contributed by atoms with Crippen LogP contribution in [-0.2, 0) is 10.0 Å². The van der Waals surface area contributed by atoms with Crippen molar-refractivity contribution >= 4 is 10.0 Å². The van der Waals surface area contributed by atoms with Gasteiger partial charge in [-0.05, 0) is 27.1 Å². The summed E-state index contributed by atoms with van der Waals surface area (Å²) in [7, 11) is 0.927. The van der Waals surface area contributed by atoms with E-state index < -0.39 is 10.0 Å². The van der Waals surface area contributed by atoms with Crippen LogP contribution in [0.2, 0.25) is 0 Å². The molecule has 0 aliphatic rings. The van der Waals surface area contributed by atoms with Crippen LogP contribution in [0.5, 0.6) is 0 Å². The van der Waals surface area contributed by atoms with Gasteiger partial charge in [0.1, 0.15) is 0 Å². The summed E-state index contributed by atoms with van der Waals surface area (Å²) in [6.45, 7) is 1.43. The molecule has 1 N–H and O–H groups in total. The highest BCUT2D eigenvalue weighted by molar-refractivity contribution is 7.88. The molecule has 0 rings (SSSR count). The Labute approximate surface area is 68.6 Å². The van der Waals surface area contributed by atoms with E-state index in [4.69, 9.17) is 0 Å². The van der Waals surface area contributed by atoms with E-state index in [1.54, 1.807) is 0 Å². The van der Waals surface area contributed by atoms with Crippen molar-refractivity contribution in [2.75, 3.05) is 33.4 Å². The maximum atomic E-state index is 10.6. The second kappa shape index (κ2) is 4.69. The Morgan fingerprint density at radius 1 is 1.36 bits per heavy atom. The fourth-order valence-electron chi connectivity index (χ4n) is 0.653. The molecule has 0 aliphatic carbocycles. The van der Waals surface area contributed by atoms with Crippen molar-refractivity contribution < 1.29 is 8.42 Å². The molecule has 0 spiro atoms. The molecule has 0 radical (unpaired) electrons. The fourth-order valence-corrected chi connectivity index (χ4v) is 1.17. The van der Waals surface area contributed by atoms with Crippen LogP contribution in [0.15, 0.2) is 0 Å². The standard InChI is InChI=1S/C6H16N2O2S/c1-8(2)6-4-5-7-11(3,9)10/h7H,4-6H2,1-3H3. The summed E-state index contributed by atoms with van der Waals surface area (Å²) in [5.74, 6) is 0. The quantitative estimate of drug-likeness (QED) is 0.580. The van der Waals surface area contributed by atoms with Crippen LogP contribution in [0.4, 0.5) is 0 Å². The van der Waals surface area contributed by atoms with E-state index in [-0.39, 0.29) is 0 Å². The van der Waals surface area contributed by atoms with Crippen LogP contribution >= 0.6 is 0 Å². The highest BCUT2D eigenvalue weighted by Crippen LogP contribution is 1.82. The number of sulfonamides is 1. The van der Waals surface area contributed by atoms with E-state index >= 15 is 0 Å². The SMILES string of the molecule is CN(C)CCCNS(C)(=O)=O. The van der Waals surface area contributed by atoms with Crippen LogP contribution in [0.3, 0.4) is 0 Å². The predicted octanol–water partition coefficient (Wildman–Crippen LogP) is -0.513. The van der Waals surface area contributed by atoms with Gasteiger partial charge in [-0.15, -0.1) is 0 Å². The Kier molecular flexibility index (Phi) is 4.63. The van der Waals surface area contributed by atoms with Gasteiger partial charge in [0, 0.05) is 6.54 Å². The highest BCUT2D eigenvalue weighted by Gasteiger charge is 1.98. The Hall–Kier alpha value is -0.130. The third-order valence-corrected chi connectivity index (χ3v) is 1.87. The minimum absolute atomic E-state index is 0.525. The van der Waals surface area contributed by atoms with Gasteiger partial charge in [0.15, 0.2) is 0 Å². The zero-order valence-corrected chi connectivity index (χ0v) is 8.11. The molecule has 0 aromatic carbocycles. The number of hydrogen-bond donors (Lipinski definition) is 1. The lowest BCUT2D eigenvalue weighted by Gasteiger charge is -2.08. The first-order valence-corrected chi connectivity index (χ1v) is 5.40. The van der Waals surface area contributed by atoms with Gasteiger partial charge in [-0.25, -0.2) is 13.1 Å². The second-order valence-corrected chi connectivity index (χ2v) is 4.66. The summed E-state index contributed by atoms with van der Waals surface area (Å²) in [5.41, 5.74) is 0. The molecule has 0 unspecified atom stereocenters. The maximum absolute atomic E-state index is 10.6. The van der Waals surface area contributed by atoms with Crippen molar-refractivity contribution in [3.8, 4) is 0 Å². The van der Waals surface area contributed by atoms with Crippen LogP contribution in [0.1, 0.15) is 6.42 Å². The van der Waals surface area contributed by atoms with Crippen molar-refractivity contribution in [2.24, 2.45) is 0 Å². The fraction of sp³-hybridized carbons (Fsp3) is 1.00. The maximum Gasteiger partial charge on any atom is 0.208 e. The molecule has 4 nitrogen and oxygen atoms in total. The van der Waals surface area contributed by atoms with Crippen LogP contribution in [-0.4, -0.2) is 46.8 Å². The first kappa shape index (κ1) is 10.9. The lowest BCUT2D eigenvalue weighted by atomic mass is 10.4. The smallest absolute Gasteiger partial charge is 0.208 e. The topological polar surface area (TPSA) is 49.4 Å². The molecular weight excluding hydrogens is 164 g/mol. The van der Waals surface area contributed by atoms with Gasteiger partial charge < -0.3 is 4.90 Å². The number of hydrogen-bond acceptors (Lipinski definition) is 3. The summed E-state index contributed by atoms with van der Waals surface area (Å²) < 4.78 is 23.5. The molecule has 0 bridgehead atoms. The van der Waals surface area contributed by atoms with Gasteiger partial charge >= 0.3 is 0 Å². The van der Waals surface area contributed by atoms with E-state index in [9.17, 15) is 8.42 Å². The molecule has 0 atom stereocenters. The summed E-state index contributed by atoms with van der Waals surface area (Å²) in [5, 5.41) is 0. The Morgan fingerprint density at radius 2 is 1.91 bits per heavy atom. The van der Waals surface area contributed by atoms with Gasteiger partial charge in [0.05, 0.1) is 6.26 Å². The normalized spacial score (nSPS) is 12.4. The van der Waals surface area contributed by atoms with Crippen LogP contribution in [0, 0.1) is 0 Å². The van der Waals surface area contributed by atoms with Crippen molar-refractivity contribution in [3.63, 3.8) is 0 Å². The van der Waals surface area contributed by atoms with E-state index in [0.717, 1.165) is 13.0 Å². The first-order chi connectivity index (χ1) is 4.92. The third-order valence-electron chi connectivity index (χ3n) is 1.15. The molecule has 0 aromatic rings. The highest BCUT2D eigenvalue weighted by atomic mass is 32.2. The number of rotatable bonds is 5. The molecule has 0 heterocycles. The van der Waals surface area contributed by atoms with Crippen molar-refractivity contribution in [3.05, 3.63) is 0 Å². The van der Waals surface area contributed by atoms with Crippen molar-refractivity contribution in [1.82, 2.24) is 9.62 Å². The summed E-state index contributed by atoms with van der Waals surface area (Å²) >= 11 is 0. The zero-order chi connectivity index (χ0) is 8.91. The average molecular weight is 180 g/mol. The molecule has 0 amide bonds. The molecule has 0 fully saturated rings. The third kappa shape index (κ3) is 9.87. The summed E-state index contributed by atoms with van der Waals surface area (Å²) in [6.07, 6.45) is 2.02. The lowest BCUT2D eigenvalue weighted by Crippen LogP contribution is -2.25. The molecule has 68 valence electrons. The Balaban J connectivity index is 3.30. The molecule has 0 saturated carbocycles. The predicted molar refractivity (Wildman–Crippen MR) is 46.0 cm³/mol. The average Bonchev–Trinajstić information content (AvgIpc) is 1.78. The molecule has 11 heavy (non-hydrogen) atoms. The van der Waals surface area contributed by atoms with Gasteiger partial charge in [-0.1, -0.05) is 0 Å². The van der Waals surface area contributed by atoms with E-state index in [2.05, 4.69) is 4.72 Å². The molecular formula is C6H16N2O2S. The van der Waals surface area contributed by atoms with Gasteiger partial charge in [-0.2, -0.15) is 0 Å². The Bertz CT molecular complexity index is 187. The molecule has 0 saturated heterocycles. The van der Waals surface area contributed by atoms with E-state index in [1.165, 1.54) is 6.26 Å². The minimum Gasteiger partial charge on any atom is -0.309 e. The summed E-state index contributed by atoms with van der Waals surface area (Å²) in [4.78, 5) is 2.02. The molecule has 0 aromatic heterocycles. The summed E-state index contributed by atoms with van der Waals surface area (Å²) in [6, 6.07) is 0. The minimum atomic E-state index is -2.99. The first-order valence-electron chi connectivity index (χ1n) is 3.51. The van der Waals surface area contributed by atoms with Crippen molar-refractivity contribution in [2.45, 2.75) is 6.42 Å². The Morgan fingerprint density at radius 3 is 2.27 bits per heavy atom. The molecule has 0 aliphatic heterocycles. The van der Waals surface area contributed by atoms with E-state index in [1.807, 2.05) is 19.0 Å². The largest absolute Gasteiger partial charge is 0.309 e. The monoisotopic (exact) mass is 180 g/mol. The molecule has 5 heteroatoms. The van der Waals surface area contributed by atoms with Gasteiger partial charge in [0.25, 0.3) is 0 Å². The van der Waals surface area contributed by atoms with Crippen LogP contribution in [0.25, 0.3) is 0 Å². The van der Waals surface area contributed by atoms with Gasteiger partial charge in [0.2, 0.25) is 10.0 Å². The lowest BCUT2D eigenvalue weighted by molar-refractivity contribution is 0.400.